The summed E-state index contributed by atoms with van der Waals surface area (Å²) in [6, 6.07) is 7.47. The van der Waals surface area contributed by atoms with E-state index in [-0.39, 0.29) is 34.8 Å². The fourth-order valence-corrected chi connectivity index (χ4v) is 3.82. The van der Waals surface area contributed by atoms with Crippen LogP contribution in [0.3, 0.4) is 0 Å². The molecular weight excluding hydrogens is 326 g/mol. The predicted octanol–water partition coefficient (Wildman–Crippen LogP) is 2.60. The van der Waals surface area contributed by atoms with Gasteiger partial charge in [0.1, 0.15) is 0 Å². The van der Waals surface area contributed by atoms with E-state index in [1.165, 1.54) is 41.0 Å². The third kappa shape index (κ3) is 4.15. The van der Waals surface area contributed by atoms with Crippen LogP contribution in [-0.4, -0.2) is 25.3 Å². The normalized spacial score (nSPS) is 11.1. The van der Waals surface area contributed by atoms with E-state index in [0.717, 1.165) is 0 Å². The number of thiophene rings is 1. The lowest BCUT2D eigenvalue weighted by molar-refractivity contribution is -0.136. The lowest BCUT2D eigenvalue weighted by Crippen LogP contribution is -2.12. The maximum Gasteiger partial charge on any atom is 0.303 e. The van der Waals surface area contributed by atoms with Gasteiger partial charge in [-0.05, 0) is 23.6 Å². The summed E-state index contributed by atoms with van der Waals surface area (Å²) in [5.41, 5.74) is 0.527. The van der Waals surface area contributed by atoms with Gasteiger partial charge in [0.25, 0.3) is 10.0 Å². The molecule has 8 heteroatoms. The Morgan fingerprint density at radius 2 is 1.95 bits per heavy atom. The first-order chi connectivity index (χ1) is 10.4. The van der Waals surface area contributed by atoms with Crippen molar-refractivity contribution in [1.29, 1.82) is 0 Å². The molecule has 116 valence electrons. The van der Waals surface area contributed by atoms with Crippen molar-refractivity contribution in [2.75, 3.05) is 4.72 Å². The van der Waals surface area contributed by atoms with Crippen molar-refractivity contribution >= 4 is 38.8 Å². The van der Waals surface area contributed by atoms with Crippen LogP contribution in [0, 0.1) is 0 Å². The van der Waals surface area contributed by atoms with Crippen molar-refractivity contribution in [3.63, 3.8) is 0 Å². The van der Waals surface area contributed by atoms with Gasteiger partial charge in [0.05, 0.1) is 11.3 Å². The Morgan fingerprint density at radius 3 is 2.59 bits per heavy atom. The molecule has 0 fully saturated rings. The zero-order valence-corrected chi connectivity index (χ0v) is 13.0. The van der Waals surface area contributed by atoms with Gasteiger partial charge in [-0.2, -0.15) is 11.3 Å². The Morgan fingerprint density at radius 1 is 1.18 bits per heavy atom. The van der Waals surface area contributed by atoms with Crippen molar-refractivity contribution in [1.82, 2.24) is 0 Å². The van der Waals surface area contributed by atoms with Crippen molar-refractivity contribution in [2.24, 2.45) is 0 Å². The Hall–Kier alpha value is -2.19. The lowest BCUT2D eigenvalue weighted by atomic mass is 10.1. The largest absolute Gasteiger partial charge is 0.481 e. The molecule has 0 radical (unpaired) electrons. The Kier molecular flexibility index (Phi) is 4.94. The minimum atomic E-state index is -3.68. The van der Waals surface area contributed by atoms with Crippen LogP contribution >= 0.6 is 11.3 Å². The molecule has 1 heterocycles. The fraction of sp³-hybridized carbons (Fsp3) is 0.143. The first kappa shape index (κ1) is 16.2. The fourth-order valence-electron chi connectivity index (χ4n) is 1.74. The maximum atomic E-state index is 12.1. The highest BCUT2D eigenvalue weighted by molar-refractivity contribution is 7.92. The molecule has 0 atom stereocenters. The van der Waals surface area contributed by atoms with Gasteiger partial charge in [-0.15, -0.1) is 0 Å². The molecule has 0 saturated carbocycles. The number of carbonyl (C=O) groups excluding carboxylic acids is 1. The van der Waals surface area contributed by atoms with Crippen LogP contribution in [0.5, 0.6) is 0 Å². The molecule has 2 N–H and O–H groups in total. The van der Waals surface area contributed by atoms with E-state index in [4.69, 9.17) is 5.11 Å². The van der Waals surface area contributed by atoms with Crippen molar-refractivity contribution in [3.05, 3.63) is 46.7 Å². The number of carbonyl (C=O) groups is 2. The molecule has 0 aliphatic carbocycles. The quantitative estimate of drug-likeness (QED) is 0.755. The van der Waals surface area contributed by atoms with Crippen LogP contribution in [0.2, 0.25) is 0 Å². The van der Waals surface area contributed by atoms with Gasteiger partial charge in [-0.25, -0.2) is 8.42 Å². The third-order valence-corrected chi connectivity index (χ3v) is 5.02. The van der Waals surface area contributed by atoms with E-state index in [0.29, 0.717) is 0 Å². The monoisotopic (exact) mass is 339 g/mol. The highest BCUT2D eigenvalue weighted by Crippen LogP contribution is 2.19. The predicted molar refractivity (Wildman–Crippen MR) is 82.8 cm³/mol. The van der Waals surface area contributed by atoms with Crippen molar-refractivity contribution in [3.8, 4) is 0 Å². The minimum Gasteiger partial charge on any atom is -0.481 e. The number of rotatable bonds is 7. The number of Topliss-reactive ketones (excluding diaryl/α,β-unsaturated/α-hetero) is 1. The molecule has 1 aromatic heterocycles. The van der Waals surface area contributed by atoms with Crippen molar-refractivity contribution < 1.29 is 23.1 Å². The summed E-state index contributed by atoms with van der Waals surface area (Å²) >= 11 is 1.27. The SMILES string of the molecule is O=C(O)CCC(=O)c1cccc(NS(=O)(=O)c2ccsc2)c1. The maximum absolute atomic E-state index is 12.1. The zero-order chi connectivity index (χ0) is 16.2. The van der Waals surface area contributed by atoms with Crippen molar-refractivity contribution in [2.45, 2.75) is 17.7 Å². The molecule has 0 aliphatic heterocycles. The summed E-state index contributed by atoms with van der Waals surface area (Å²) in [5, 5.41) is 11.7. The number of carboxylic acids is 1. The Bertz CT molecular complexity index is 781. The van der Waals surface area contributed by atoms with Crippen LogP contribution in [0.4, 0.5) is 5.69 Å². The molecule has 2 aromatic rings. The van der Waals surface area contributed by atoms with Gasteiger partial charge in [-0.3, -0.25) is 14.3 Å². The number of hydrogen-bond donors (Lipinski definition) is 2. The first-order valence-corrected chi connectivity index (χ1v) is 8.71. The van der Waals surface area contributed by atoms with E-state index in [1.807, 2.05) is 0 Å². The summed E-state index contributed by atoms with van der Waals surface area (Å²) in [5.74, 6) is -1.40. The summed E-state index contributed by atoms with van der Waals surface area (Å²) in [6.07, 6.45) is -0.389. The molecule has 2 rings (SSSR count). The summed E-state index contributed by atoms with van der Waals surface area (Å²) in [4.78, 5) is 22.5. The van der Waals surface area contributed by atoms with Gasteiger partial charge in [-0.1, -0.05) is 12.1 Å². The van der Waals surface area contributed by atoms with Gasteiger partial charge >= 0.3 is 5.97 Å². The second-order valence-electron chi connectivity index (χ2n) is 4.46. The number of sulfonamides is 1. The molecule has 0 bridgehead atoms. The average molecular weight is 339 g/mol. The Balaban J connectivity index is 2.15. The number of anilines is 1. The molecular formula is C14H13NO5S2. The number of hydrogen-bond acceptors (Lipinski definition) is 5. The molecule has 0 saturated heterocycles. The smallest absolute Gasteiger partial charge is 0.303 e. The van der Waals surface area contributed by atoms with Gasteiger partial charge in [0, 0.05) is 23.1 Å². The van der Waals surface area contributed by atoms with Crippen LogP contribution in [0.1, 0.15) is 23.2 Å². The zero-order valence-electron chi connectivity index (χ0n) is 11.4. The molecule has 22 heavy (non-hydrogen) atoms. The first-order valence-electron chi connectivity index (χ1n) is 6.28. The second-order valence-corrected chi connectivity index (χ2v) is 6.92. The number of benzene rings is 1. The van der Waals surface area contributed by atoms with E-state index < -0.39 is 16.0 Å². The number of carboxylic acid groups (broad SMARTS) is 1. The molecule has 0 aliphatic rings. The summed E-state index contributed by atoms with van der Waals surface area (Å²) in [7, 11) is -3.68. The second kappa shape index (κ2) is 6.71. The summed E-state index contributed by atoms with van der Waals surface area (Å²) < 4.78 is 26.6. The van der Waals surface area contributed by atoms with Gasteiger partial charge in [0.2, 0.25) is 0 Å². The van der Waals surface area contributed by atoms with Crippen LogP contribution in [-0.2, 0) is 14.8 Å². The van der Waals surface area contributed by atoms with Crippen LogP contribution < -0.4 is 4.72 Å². The van der Waals surface area contributed by atoms with Gasteiger partial charge in [0.15, 0.2) is 5.78 Å². The Labute approximate surface area is 131 Å². The molecule has 0 spiro atoms. The van der Waals surface area contributed by atoms with Crippen LogP contribution in [0.25, 0.3) is 0 Å². The molecule has 1 aromatic carbocycles. The van der Waals surface area contributed by atoms with Crippen LogP contribution in [0.15, 0.2) is 46.0 Å². The lowest BCUT2D eigenvalue weighted by Gasteiger charge is -2.08. The average Bonchev–Trinajstić information content (AvgIpc) is 2.99. The number of ketones is 1. The van der Waals surface area contributed by atoms with E-state index in [2.05, 4.69) is 4.72 Å². The van der Waals surface area contributed by atoms with E-state index >= 15 is 0 Å². The topological polar surface area (TPSA) is 101 Å². The number of aliphatic carboxylic acids is 1. The highest BCUT2D eigenvalue weighted by atomic mass is 32.2. The van der Waals surface area contributed by atoms with Gasteiger partial charge < -0.3 is 5.11 Å². The third-order valence-electron chi connectivity index (χ3n) is 2.81. The summed E-state index contributed by atoms with van der Waals surface area (Å²) in [6.45, 7) is 0. The number of nitrogens with one attached hydrogen (secondary N) is 1. The van der Waals surface area contributed by atoms with E-state index in [9.17, 15) is 18.0 Å². The molecule has 0 amide bonds. The van der Waals surface area contributed by atoms with E-state index in [1.54, 1.807) is 11.4 Å². The highest BCUT2D eigenvalue weighted by Gasteiger charge is 2.15. The minimum absolute atomic E-state index is 0.129. The standard InChI is InChI=1S/C14H13NO5S2/c16-13(4-5-14(17)18)10-2-1-3-11(8-10)15-22(19,20)12-6-7-21-9-12/h1-3,6-9,15H,4-5H2,(H,17,18). The molecule has 0 unspecified atom stereocenters. The molecule has 6 nitrogen and oxygen atoms in total.